The minimum atomic E-state index is 0.0171. The number of carbonyl (C=O) groups excluding carboxylic acids is 2. The second kappa shape index (κ2) is 10.9. The van der Waals surface area contributed by atoms with Crippen LogP contribution in [-0.4, -0.2) is 62.5 Å². The van der Waals surface area contributed by atoms with E-state index in [1.54, 1.807) is 24.3 Å². The summed E-state index contributed by atoms with van der Waals surface area (Å²) in [4.78, 5) is 29.6. The lowest BCUT2D eigenvalue weighted by molar-refractivity contribution is -0.116. The minimum Gasteiger partial charge on any atom is -0.378 e. The van der Waals surface area contributed by atoms with Gasteiger partial charge in [0.25, 0.3) is 0 Å². The fourth-order valence-corrected chi connectivity index (χ4v) is 4.45. The number of anilines is 2. The highest BCUT2D eigenvalue weighted by molar-refractivity contribution is 6.30. The predicted molar refractivity (Wildman–Crippen MR) is 128 cm³/mol. The lowest BCUT2D eigenvalue weighted by Gasteiger charge is -2.31. The highest BCUT2D eigenvalue weighted by Crippen LogP contribution is 2.23. The summed E-state index contributed by atoms with van der Waals surface area (Å²) < 4.78 is 5.39. The molecule has 0 unspecified atom stereocenters. The van der Waals surface area contributed by atoms with Crippen LogP contribution in [0.1, 0.15) is 29.6 Å². The fourth-order valence-electron chi connectivity index (χ4n) is 4.33. The molecule has 0 atom stereocenters. The quantitative estimate of drug-likeness (QED) is 0.637. The third kappa shape index (κ3) is 6.09. The van der Waals surface area contributed by atoms with Gasteiger partial charge in [-0.2, -0.15) is 0 Å². The van der Waals surface area contributed by atoms with Crippen molar-refractivity contribution in [2.45, 2.75) is 19.3 Å². The number of nitrogens with zero attached hydrogens (tertiary/aromatic N) is 2. The Morgan fingerprint density at radius 1 is 0.938 bits per heavy atom. The van der Waals surface area contributed by atoms with Gasteiger partial charge in [-0.25, -0.2) is 0 Å². The molecule has 170 valence electrons. The molecule has 6 nitrogen and oxygen atoms in total. The first-order chi connectivity index (χ1) is 15.6. The zero-order valence-electron chi connectivity index (χ0n) is 18.3. The number of hydrogen-bond donors (Lipinski definition) is 1. The molecule has 7 heteroatoms. The Morgan fingerprint density at radius 2 is 1.59 bits per heavy atom. The fraction of sp³-hybridized carbons (Fsp3) is 0.440. The van der Waals surface area contributed by atoms with E-state index in [4.69, 9.17) is 16.3 Å². The summed E-state index contributed by atoms with van der Waals surface area (Å²) in [5.74, 6) is 0.259. The Balaban J connectivity index is 1.18. The summed E-state index contributed by atoms with van der Waals surface area (Å²) in [5.41, 5.74) is 2.70. The van der Waals surface area contributed by atoms with Crippen molar-refractivity contribution in [1.82, 2.24) is 4.90 Å². The third-order valence-corrected chi connectivity index (χ3v) is 6.52. The molecule has 2 aromatic carbocycles. The summed E-state index contributed by atoms with van der Waals surface area (Å²) in [6.45, 7) is 5.69. The number of ketones is 1. The average molecular weight is 456 g/mol. The number of nitrogens with one attached hydrogen (secondary N) is 1. The molecule has 2 aliphatic rings. The highest BCUT2D eigenvalue weighted by atomic mass is 35.5. The monoisotopic (exact) mass is 455 g/mol. The van der Waals surface area contributed by atoms with Gasteiger partial charge in [0.2, 0.25) is 5.91 Å². The lowest BCUT2D eigenvalue weighted by Crippen LogP contribution is -2.38. The topological polar surface area (TPSA) is 61.9 Å². The SMILES string of the molecule is O=C(CCN1CCC(C(=O)c2ccc(Cl)cc2)CC1)Nc1ccc(N2CCOCC2)cc1. The van der Waals surface area contributed by atoms with Crippen molar-refractivity contribution in [3.05, 3.63) is 59.1 Å². The van der Waals surface area contributed by atoms with Crippen molar-refractivity contribution in [3.8, 4) is 0 Å². The molecule has 0 bridgehead atoms. The predicted octanol–water partition coefficient (Wildman–Crippen LogP) is 4.10. The molecule has 2 saturated heterocycles. The third-order valence-electron chi connectivity index (χ3n) is 6.27. The minimum absolute atomic E-state index is 0.0171. The van der Waals surface area contributed by atoms with E-state index in [1.165, 1.54) is 0 Å². The van der Waals surface area contributed by atoms with Gasteiger partial charge in [0.1, 0.15) is 0 Å². The molecule has 32 heavy (non-hydrogen) atoms. The number of piperidine rings is 1. The molecular formula is C25H30ClN3O3. The number of Topliss-reactive ketones (excluding diaryl/α,β-unsaturated/α-hetero) is 1. The van der Waals surface area contributed by atoms with E-state index in [0.29, 0.717) is 18.0 Å². The summed E-state index contributed by atoms with van der Waals surface area (Å²) in [7, 11) is 0. The molecule has 2 fully saturated rings. The number of benzene rings is 2. The first-order valence-electron chi connectivity index (χ1n) is 11.3. The number of ether oxygens (including phenoxy) is 1. The molecule has 2 heterocycles. The summed E-state index contributed by atoms with van der Waals surface area (Å²) >= 11 is 5.92. The van der Waals surface area contributed by atoms with Gasteiger partial charge in [0.05, 0.1) is 13.2 Å². The molecule has 0 spiro atoms. The molecule has 0 aromatic heterocycles. The van der Waals surface area contributed by atoms with Crippen LogP contribution in [-0.2, 0) is 9.53 Å². The van der Waals surface area contributed by atoms with Gasteiger partial charge >= 0.3 is 0 Å². The van der Waals surface area contributed by atoms with Crippen molar-refractivity contribution >= 4 is 34.7 Å². The van der Waals surface area contributed by atoms with Gasteiger partial charge in [-0.15, -0.1) is 0 Å². The molecule has 0 radical (unpaired) electrons. The Hall–Kier alpha value is -2.41. The van der Waals surface area contributed by atoms with Crippen molar-refractivity contribution in [3.63, 3.8) is 0 Å². The van der Waals surface area contributed by atoms with Crippen LogP contribution in [0.5, 0.6) is 0 Å². The highest BCUT2D eigenvalue weighted by Gasteiger charge is 2.26. The van der Waals surface area contributed by atoms with Crippen LogP contribution >= 0.6 is 11.6 Å². The smallest absolute Gasteiger partial charge is 0.225 e. The maximum atomic E-state index is 12.7. The molecular weight excluding hydrogens is 426 g/mol. The largest absolute Gasteiger partial charge is 0.378 e. The lowest BCUT2D eigenvalue weighted by atomic mass is 9.89. The van der Waals surface area contributed by atoms with Crippen LogP contribution in [0.25, 0.3) is 0 Å². The van der Waals surface area contributed by atoms with Gasteiger partial charge in [0.15, 0.2) is 5.78 Å². The number of halogens is 1. The molecule has 2 aromatic rings. The summed E-state index contributed by atoms with van der Waals surface area (Å²) in [6, 6.07) is 15.1. The normalized spacial score (nSPS) is 17.8. The zero-order valence-corrected chi connectivity index (χ0v) is 19.0. The number of hydrogen-bond acceptors (Lipinski definition) is 5. The summed E-state index contributed by atoms with van der Waals surface area (Å²) in [5, 5.41) is 3.63. The second-order valence-corrected chi connectivity index (χ2v) is 8.87. The van der Waals surface area contributed by atoms with E-state index in [2.05, 4.69) is 15.1 Å². The first kappa shape index (κ1) is 22.8. The van der Waals surface area contributed by atoms with Gasteiger partial charge in [0, 0.05) is 53.9 Å². The van der Waals surface area contributed by atoms with E-state index in [-0.39, 0.29) is 17.6 Å². The molecule has 1 N–H and O–H groups in total. The number of rotatable bonds is 7. The Labute approximate surface area is 194 Å². The van der Waals surface area contributed by atoms with E-state index in [0.717, 1.165) is 69.2 Å². The van der Waals surface area contributed by atoms with Crippen LogP contribution in [0.2, 0.25) is 5.02 Å². The van der Waals surface area contributed by atoms with Gasteiger partial charge in [-0.3, -0.25) is 9.59 Å². The van der Waals surface area contributed by atoms with Crippen LogP contribution < -0.4 is 10.2 Å². The van der Waals surface area contributed by atoms with Gasteiger partial charge < -0.3 is 19.9 Å². The average Bonchev–Trinajstić information content (AvgIpc) is 2.84. The van der Waals surface area contributed by atoms with E-state index in [1.807, 2.05) is 24.3 Å². The second-order valence-electron chi connectivity index (χ2n) is 8.43. The number of carbonyl (C=O) groups is 2. The van der Waals surface area contributed by atoms with E-state index >= 15 is 0 Å². The molecule has 1 amide bonds. The Morgan fingerprint density at radius 3 is 2.25 bits per heavy atom. The number of morpholine rings is 1. The van der Waals surface area contributed by atoms with E-state index < -0.39 is 0 Å². The first-order valence-corrected chi connectivity index (χ1v) is 11.7. The van der Waals surface area contributed by atoms with Crippen LogP contribution in [0.15, 0.2) is 48.5 Å². The van der Waals surface area contributed by atoms with Crippen molar-refractivity contribution < 1.29 is 14.3 Å². The number of amides is 1. The Kier molecular flexibility index (Phi) is 7.79. The summed E-state index contributed by atoms with van der Waals surface area (Å²) in [6.07, 6.45) is 2.10. The van der Waals surface area contributed by atoms with Crippen LogP contribution in [0, 0.1) is 5.92 Å². The van der Waals surface area contributed by atoms with Crippen molar-refractivity contribution in [2.24, 2.45) is 5.92 Å². The maximum Gasteiger partial charge on any atom is 0.225 e. The van der Waals surface area contributed by atoms with Crippen molar-refractivity contribution in [2.75, 3.05) is 56.2 Å². The van der Waals surface area contributed by atoms with Crippen LogP contribution in [0.4, 0.5) is 11.4 Å². The Bertz CT molecular complexity index is 903. The van der Waals surface area contributed by atoms with Crippen molar-refractivity contribution in [1.29, 1.82) is 0 Å². The zero-order chi connectivity index (χ0) is 22.3. The van der Waals surface area contributed by atoms with Crippen LogP contribution in [0.3, 0.4) is 0 Å². The maximum absolute atomic E-state index is 12.7. The molecule has 2 aliphatic heterocycles. The number of likely N-dealkylation sites (tertiary alicyclic amines) is 1. The molecule has 0 aliphatic carbocycles. The van der Waals surface area contributed by atoms with E-state index in [9.17, 15) is 9.59 Å². The van der Waals surface area contributed by atoms with Gasteiger partial charge in [-0.05, 0) is 74.5 Å². The molecule has 4 rings (SSSR count). The van der Waals surface area contributed by atoms with Gasteiger partial charge in [-0.1, -0.05) is 11.6 Å². The molecule has 0 saturated carbocycles. The standard InChI is InChI=1S/C25H30ClN3O3/c26-21-3-1-19(2-4-21)25(31)20-9-12-28(13-10-20)14-11-24(30)27-22-5-7-23(8-6-22)29-15-17-32-18-16-29/h1-8,20H,9-18H2,(H,27,30).